The molecule has 116 valence electrons. The smallest absolute Gasteiger partial charge is 0.266 e. The second-order valence-corrected chi connectivity index (χ2v) is 5.80. The first-order chi connectivity index (χ1) is 10.7. The third-order valence-electron chi connectivity index (χ3n) is 4.19. The second kappa shape index (κ2) is 7.65. The van der Waals surface area contributed by atoms with Crippen LogP contribution in [0.1, 0.15) is 32.3 Å². The number of piperidine rings is 1. The van der Waals surface area contributed by atoms with Crippen LogP contribution >= 0.6 is 0 Å². The number of anilines is 1. The average Bonchev–Trinajstić information content (AvgIpc) is 2.56. The molecule has 4 nitrogen and oxygen atoms in total. The quantitative estimate of drug-likeness (QED) is 0.685. The molecule has 2 rings (SSSR count). The van der Waals surface area contributed by atoms with E-state index in [1.807, 2.05) is 30.3 Å². The van der Waals surface area contributed by atoms with Gasteiger partial charge in [0.15, 0.2) is 0 Å². The Bertz CT molecular complexity index is 593. The van der Waals surface area contributed by atoms with Gasteiger partial charge in [-0.05, 0) is 36.8 Å². The molecule has 0 radical (unpaired) electrons. The van der Waals surface area contributed by atoms with Gasteiger partial charge in [0.2, 0.25) is 0 Å². The molecule has 1 aromatic carbocycles. The fourth-order valence-corrected chi connectivity index (χ4v) is 2.64. The first-order valence-electron chi connectivity index (χ1n) is 7.89. The summed E-state index contributed by atoms with van der Waals surface area (Å²) in [5.41, 5.74) is 2.27. The van der Waals surface area contributed by atoms with Crippen LogP contribution in [-0.4, -0.2) is 23.9 Å². The molecule has 0 saturated carbocycles. The van der Waals surface area contributed by atoms with E-state index >= 15 is 0 Å². The van der Waals surface area contributed by atoms with Crippen LogP contribution in [0.25, 0.3) is 0 Å². The van der Waals surface area contributed by atoms with Gasteiger partial charge in [-0.15, -0.1) is 0 Å². The van der Waals surface area contributed by atoms with Gasteiger partial charge >= 0.3 is 0 Å². The zero-order valence-corrected chi connectivity index (χ0v) is 13.3. The highest BCUT2D eigenvalue weighted by Gasteiger charge is 2.22. The normalized spacial score (nSPS) is 16.2. The highest BCUT2D eigenvalue weighted by atomic mass is 16.2. The van der Waals surface area contributed by atoms with Gasteiger partial charge in [-0.3, -0.25) is 4.79 Å². The van der Waals surface area contributed by atoms with Crippen molar-refractivity contribution in [3.8, 4) is 6.07 Å². The molecule has 22 heavy (non-hydrogen) atoms. The summed E-state index contributed by atoms with van der Waals surface area (Å²) in [4.78, 5) is 14.2. The first-order valence-corrected chi connectivity index (χ1v) is 7.89. The Kier molecular flexibility index (Phi) is 5.60. The van der Waals surface area contributed by atoms with Gasteiger partial charge in [-0.25, -0.2) is 0 Å². The van der Waals surface area contributed by atoms with Crippen LogP contribution in [0.3, 0.4) is 0 Å². The van der Waals surface area contributed by atoms with Gasteiger partial charge in [0.25, 0.3) is 5.91 Å². The summed E-state index contributed by atoms with van der Waals surface area (Å²) in [5.74, 6) is 0.490. The molecule has 1 aliphatic heterocycles. The van der Waals surface area contributed by atoms with Crippen LogP contribution in [0.2, 0.25) is 0 Å². The molecule has 0 spiro atoms. The first kappa shape index (κ1) is 16.1. The summed E-state index contributed by atoms with van der Waals surface area (Å²) >= 11 is 0. The van der Waals surface area contributed by atoms with Gasteiger partial charge < -0.3 is 10.2 Å². The largest absolute Gasteiger partial charge is 0.360 e. The lowest BCUT2D eigenvalue weighted by Gasteiger charge is -2.30. The van der Waals surface area contributed by atoms with Gasteiger partial charge in [0.05, 0.1) is 0 Å². The Balaban J connectivity index is 2.07. The number of aryl methyl sites for hydroxylation is 1. The van der Waals surface area contributed by atoms with Crippen molar-refractivity contribution >= 4 is 11.6 Å². The topological polar surface area (TPSA) is 56.1 Å². The summed E-state index contributed by atoms with van der Waals surface area (Å²) < 4.78 is 0. The number of likely N-dealkylation sites (tertiary alicyclic amines) is 1. The van der Waals surface area contributed by atoms with E-state index in [-0.39, 0.29) is 11.5 Å². The van der Waals surface area contributed by atoms with Crippen molar-refractivity contribution in [1.82, 2.24) is 4.90 Å². The fourth-order valence-electron chi connectivity index (χ4n) is 2.64. The van der Waals surface area contributed by atoms with E-state index in [1.165, 1.54) is 6.20 Å². The summed E-state index contributed by atoms with van der Waals surface area (Å²) in [5, 5.41) is 12.4. The Labute approximate surface area is 132 Å². The molecule has 0 atom stereocenters. The van der Waals surface area contributed by atoms with Gasteiger partial charge in [0.1, 0.15) is 11.6 Å². The van der Waals surface area contributed by atoms with Crippen LogP contribution in [-0.2, 0) is 11.2 Å². The maximum absolute atomic E-state index is 12.4. The minimum atomic E-state index is -0.170. The molecule has 1 N–H and O–H groups in total. The molecule has 1 aliphatic rings. The number of para-hydroxylation sites is 1. The molecule has 0 unspecified atom stereocenters. The zero-order valence-electron chi connectivity index (χ0n) is 13.3. The van der Waals surface area contributed by atoms with Crippen LogP contribution in [0.5, 0.6) is 0 Å². The van der Waals surface area contributed by atoms with Crippen LogP contribution in [0, 0.1) is 17.2 Å². The molecule has 4 heteroatoms. The molecule has 1 fully saturated rings. The van der Waals surface area contributed by atoms with Crippen LogP contribution in [0.4, 0.5) is 5.69 Å². The van der Waals surface area contributed by atoms with Gasteiger partial charge in [-0.1, -0.05) is 32.0 Å². The third-order valence-corrected chi connectivity index (χ3v) is 4.19. The molecule has 0 aromatic heterocycles. The Hall–Kier alpha value is -2.28. The molecular weight excluding hydrogens is 274 g/mol. The number of nitriles is 1. The summed E-state index contributed by atoms with van der Waals surface area (Å²) in [6.07, 6.45) is 4.46. The van der Waals surface area contributed by atoms with E-state index in [9.17, 15) is 10.1 Å². The van der Waals surface area contributed by atoms with Gasteiger partial charge in [0, 0.05) is 25.0 Å². The number of rotatable bonds is 4. The standard InChI is InChI=1S/C18H23N3O/c1-3-15-6-4-5-7-17(15)20-13-16(12-19)18(22)21-10-8-14(2)9-11-21/h4-7,13-14,20H,3,8-11H2,1-2H3/b16-13-. The van der Waals surface area contributed by atoms with Gasteiger partial charge in [-0.2, -0.15) is 5.26 Å². The van der Waals surface area contributed by atoms with Crippen molar-refractivity contribution in [3.05, 3.63) is 41.6 Å². The molecule has 0 aliphatic carbocycles. The van der Waals surface area contributed by atoms with E-state index in [2.05, 4.69) is 19.2 Å². The lowest BCUT2D eigenvalue weighted by Crippen LogP contribution is -2.38. The molecule has 1 heterocycles. The second-order valence-electron chi connectivity index (χ2n) is 5.80. The number of nitrogens with one attached hydrogen (secondary N) is 1. The molecule has 1 aromatic rings. The van der Waals surface area contributed by atoms with Crippen molar-refractivity contribution in [1.29, 1.82) is 5.26 Å². The molecule has 1 amide bonds. The number of hydrogen-bond donors (Lipinski definition) is 1. The van der Waals surface area contributed by atoms with Crippen molar-refractivity contribution in [2.45, 2.75) is 33.1 Å². The predicted molar refractivity (Wildman–Crippen MR) is 88.1 cm³/mol. The van der Waals surface area contributed by atoms with Crippen molar-refractivity contribution in [2.24, 2.45) is 5.92 Å². The van der Waals surface area contributed by atoms with Crippen LogP contribution in [0.15, 0.2) is 36.0 Å². The Morgan fingerprint density at radius 1 is 1.41 bits per heavy atom. The SMILES string of the molecule is CCc1ccccc1N/C=C(/C#N)C(=O)N1CCC(C)CC1. The van der Waals surface area contributed by atoms with Crippen LogP contribution < -0.4 is 5.32 Å². The van der Waals surface area contributed by atoms with E-state index in [1.54, 1.807) is 4.90 Å². The Morgan fingerprint density at radius 3 is 2.73 bits per heavy atom. The predicted octanol–water partition coefficient (Wildman–Crippen LogP) is 3.33. The van der Waals surface area contributed by atoms with Crippen molar-refractivity contribution in [3.63, 3.8) is 0 Å². The number of nitrogens with zero attached hydrogens (tertiary/aromatic N) is 2. The third kappa shape index (κ3) is 3.88. The Morgan fingerprint density at radius 2 is 2.09 bits per heavy atom. The monoisotopic (exact) mass is 297 g/mol. The maximum atomic E-state index is 12.4. The highest BCUT2D eigenvalue weighted by molar-refractivity contribution is 5.97. The highest BCUT2D eigenvalue weighted by Crippen LogP contribution is 2.19. The fraction of sp³-hybridized carbons (Fsp3) is 0.444. The molecular formula is C18H23N3O. The van der Waals surface area contributed by atoms with Crippen molar-refractivity contribution in [2.75, 3.05) is 18.4 Å². The average molecular weight is 297 g/mol. The molecule has 0 bridgehead atoms. The summed E-state index contributed by atoms with van der Waals surface area (Å²) in [6.45, 7) is 5.76. The van der Waals surface area contributed by atoms with E-state index in [4.69, 9.17) is 0 Å². The zero-order chi connectivity index (χ0) is 15.9. The minimum absolute atomic E-state index is 0.167. The lowest BCUT2D eigenvalue weighted by molar-refractivity contribution is -0.128. The van der Waals surface area contributed by atoms with Crippen molar-refractivity contribution < 1.29 is 4.79 Å². The van der Waals surface area contributed by atoms with E-state index < -0.39 is 0 Å². The lowest BCUT2D eigenvalue weighted by atomic mass is 9.99. The number of carbonyl (C=O) groups excluding carboxylic acids is 1. The van der Waals surface area contributed by atoms with E-state index in [0.717, 1.165) is 43.6 Å². The number of carbonyl (C=O) groups is 1. The maximum Gasteiger partial charge on any atom is 0.266 e. The summed E-state index contributed by atoms with van der Waals surface area (Å²) in [7, 11) is 0. The molecule has 1 saturated heterocycles. The minimum Gasteiger partial charge on any atom is -0.360 e. The summed E-state index contributed by atoms with van der Waals surface area (Å²) in [6, 6.07) is 9.94. The number of benzene rings is 1. The number of amides is 1. The van der Waals surface area contributed by atoms with E-state index in [0.29, 0.717) is 5.92 Å². The number of hydrogen-bond acceptors (Lipinski definition) is 3.